The van der Waals surface area contributed by atoms with E-state index < -0.39 is 6.10 Å². The summed E-state index contributed by atoms with van der Waals surface area (Å²) in [5, 5.41) is 9.74. The van der Waals surface area contributed by atoms with E-state index in [2.05, 4.69) is 4.98 Å². The maximum Gasteiger partial charge on any atom is 0.123 e. The van der Waals surface area contributed by atoms with Gasteiger partial charge in [0.2, 0.25) is 0 Å². The molecule has 3 nitrogen and oxygen atoms in total. The SMILES string of the molecule is C[C@@H](O)c1cc(F)ccc1N(C)Cc1cccnc1. The molecular weight excluding hydrogens is 243 g/mol. The summed E-state index contributed by atoms with van der Waals surface area (Å²) >= 11 is 0. The summed E-state index contributed by atoms with van der Waals surface area (Å²) in [7, 11) is 1.91. The Bertz CT molecular complexity index is 543. The quantitative estimate of drug-likeness (QED) is 0.918. The van der Waals surface area contributed by atoms with Crippen molar-refractivity contribution in [3.05, 3.63) is 59.7 Å². The summed E-state index contributed by atoms with van der Waals surface area (Å²) in [5.41, 5.74) is 2.47. The normalized spacial score (nSPS) is 12.2. The van der Waals surface area contributed by atoms with Crippen LogP contribution in [0.3, 0.4) is 0 Å². The van der Waals surface area contributed by atoms with E-state index >= 15 is 0 Å². The molecule has 0 aliphatic heterocycles. The first-order chi connectivity index (χ1) is 9.08. The van der Waals surface area contributed by atoms with E-state index in [1.54, 1.807) is 25.4 Å². The lowest BCUT2D eigenvalue weighted by Crippen LogP contribution is -2.18. The van der Waals surface area contributed by atoms with Crippen molar-refractivity contribution < 1.29 is 9.50 Å². The minimum atomic E-state index is -0.706. The molecule has 19 heavy (non-hydrogen) atoms. The van der Waals surface area contributed by atoms with E-state index in [4.69, 9.17) is 0 Å². The van der Waals surface area contributed by atoms with E-state index in [0.29, 0.717) is 12.1 Å². The number of anilines is 1. The molecule has 1 N–H and O–H groups in total. The van der Waals surface area contributed by atoms with Crippen molar-refractivity contribution in [1.29, 1.82) is 0 Å². The Labute approximate surface area is 112 Å². The maximum absolute atomic E-state index is 13.3. The van der Waals surface area contributed by atoms with Crippen molar-refractivity contribution in [3.8, 4) is 0 Å². The Hall–Kier alpha value is -1.94. The molecule has 0 saturated heterocycles. The van der Waals surface area contributed by atoms with E-state index in [1.807, 2.05) is 24.1 Å². The van der Waals surface area contributed by atoms with Gasteiger partial charge < -0.3 is 10.0 Å². The highest BCUT2D eigenvalue weighted by Gasteiger charge is 2.13. The number of hydrogen-bond acceptors (Lipinski definition) is 3. The number of pyridine rings is 1. The molecule has 0 fully saturated rings. The van der Waals surface area contributed by atoms with Gasteiger partial charge in [-0.25, -0.2) is 4.39 Å². The summed E-state index contributed by atoms with van der Waals surface area (Å²) in [6.07, 6.45) is 2.81. The number of aliphatic hydroxyl groups excluding tert-OH is 1. The van der Waals surface area contributed by atoms with Crippen LogP contribution < -0.4 is 4.90 Å². The average molecular weight is 260 g/mol. The Morgan fingerprint density at radius 3 is 2.79 bits per heavy atom. The van der Waals surface area contributed by atoms with E-state index in [0.717, 1.165) is 11.3 Å². The molecule has 0 spiro atoms. The maximum atomic E-state index is 13.3. The van der Waals surface area contributed by atoms with Gasteiger partial charge in [-0.15, -0.1) is 0 Å². The molecule has 100 valence electrons. The Balaban J connectivity index is 2.26. The van der Waals surface area contributed by atoms with Crippen LogP contribution in [0.4, 0.5) is 10.1 Å². The van der Waals surface area contributed by atoms with Gasteiger partial charge in [0.25, 0.3) is 0 Å². The molecule has 1 heterocycles. The fraction of sp³-hybridized carbons (Fsp3) is 0.267. The molecule has 2 aromatic rings. The molecule has 1 aromatic heterocycles. The molecular formula is C15H17FN2O. The predicted octanol–water partition coefficient (Wildman–Crippen LogP) is 2.91. The fourth-order valence-electron chi connectivity index (χ4n) is 2.06. The van der Waals surface area contributed by atoms with Gasteiger partial charge in [0, 0.05) is 37.2 Å². The van der Waals surface area contributed by atoms with Gasteiger partial charge in [-0.3, -0.25) is 4.98 Å². The van der Waals surface area contributed by atoms with E-state index in [1.165, 1.54) is 12.1 Å². The van der Waals surface area contributed by atoms with Gasteiger partial charge in [-0.2, -0.15) is 0 Å². The highest BCUT2D eigenvalue weighted by atomic mass is 19.1. The Morgan fingerprint density at radius 2 is 2.16 bits per heavy atom. The number of aromatic nitrogens is 1. The van der Waals surface area contributed by atoms with Gasteiger partial charge in [0.05, 0.1) is 6.10 Å². The van der Waals surface area contributed by atoms with Crippen LogP contribution in [-0.4, -0.2) is 17.1 Å². The van der Waals surface area contributed by atoms with E-state index in [-0.39, 0.29) is 5.82 Å². The van der Waals surface area contributed by atoms with Gasteiger partial charge >= 0.3 is 0 Å². The number of benzene rings is 1. The van der Waals surface area contributed by atoms with Crippen LogP contribution in [0, 0.1) is 5.82 Å². The second kappa shape index (κ2) is 5.80. The lowest BCUT2D eigenvalue weighted by atomic mass is 10.1. The largest absolute Gasteiger partial charge is 0.389 e. The smallest absolute Gasteiger partial charge is 0.123 e. The second-order valence-electron chi connectivity index (χ2n) is 4.60. The second-order valence-corrected chi connectivity index (χ2v) is 4.60. The van der Waals surface area contributed by atoms with Crippen LogP contribution >= 0.6 is 0 Å². The van der Waals surface area contributed by atoms with Crippen molar-refractivity contribution in [3.63, 3.8) is 0 Å². The third kappa shape index (κ3) is 3.29. The monoisotopic (exact) mass is 260 g/mol. The molecule has 4 heteroatoms. The molecule has 0 radical (unpaired) electrons. The van der Waals surface area contributed by atoms with Crippen molar-refractivity contribution in [2.45, 2.75) is 19.6 Å². The number of hydrogen-bond donors (Lipinski definition) is 1. The highest BCUT2D eigenvalue weighted by Crippen LogP contribution is 2.27. The van der Waals surface area contributed by atoms with Crippen molar-refractivity contribution in [2.75, 3.05) is 11.9 Å². The van der Waals surface area contributed by atoms with Crippen molar-refractivity contribution in [2.24, 2.45) is 0 Å². The number of halogens is 1. The van der Waals surface area contributed by atoms with Crippen LogP contribution in [-0.2, 0) is 6.54 Å². The molecule has 0 amide bonds. The topological polar surface area (TPSA) is 36.4 Å². The summed E-state index contributed by atoms with van der Waals surface area (Å²) in [6.45, 7) is 2.29. The zero-order chi connectivity index (χ0) is 13.8. The van der Waals surface area contributed by atoms with Crippen LogP contribution in [0.15, 0.2) is 42.7 Å². The first-order valence-electron chi connectivity index (χ1n) is 6.15. The molecule has 0 bridgehead atoms. The first kappa shape index (κ1) is 13.5. The summed E-state index contributed by atoms with van der Waals surface area (Å²) in [5.74, 6) is -0.338. The van der Waals surface area contributed by atoms with E-state index in [9.17, 15) is 9.50 Å². The van der Waals surface area contributed by atoms with Crippen LogP contribution in [0.5, 0.6) is 0 Å². The summed E-state index contributed by atoms with van der Waals surface area (Å²) < 4.78 is 13.3. The summed E-state index contributed by atoms with van der Waals surface area (Å²) in [6, 6.07) is 8.33. The standard InChI is InChI=1S/C15H17FN2O/c1-11(19)14-8-13(16)5-6-15(14)18(2)10-12-4-3-7-17-9-12/h3-9,11,19H,10H2,1-2H3/t11-/m1/s1. The number of rotatable bonds is 4. The van der Waals surface area contributed by atoms with Crippen LogP contribution in [0.2, 0.25) is 0 Å². The minimum absolute atomic E-state index is 0.338. The zero-order valence-electron chi connectivity index (χ0n) is 11.0. The molecule has 1 atom stereocenters. The predicted molar refractivity (Wildman–Crippen MR) is 73.4 cm³/mol. The average Bonchev–Trinajstić information content (AvgIpc) is 2.39. The Morgan fingerprint density at radius 1 is 1.37 bits per heavy atom. The minimum Gasteiger partial charge on any atom is -0.389 e. The highest BCUT2D eigenvalue weighted by molar-refractivity contribution is 5.54. The van der Waals surface area contributed by atoms with Gasteiger partial charge in [-0.05, 0) is 36.8 Å². The number of aliphatic hydroxyl groups is 1. The van der Waals surface area contributed by atoms with Gasteiger partial charge in [0.1, 0.15) is 5.82 Å². The van der Waals surface area contributed by atoms with Crippen LogP contribution in [0.25, 0.3) is 0 Å². The zero-order valence-corrected chi connectivity index (χ0v) is 11.0. The molecule has 2 rings (SSSR count). The molecule has 0 saturated carbocycles. The molecule has 0 aliphatic carbocycles. The Kier molecular flexibility index (Phi) is 4.12. The third-order valence-corrected chi connectivity index (χ3v) is 2.99. The third-order valence-electron chi connectivity index (χ3n) is 2.99. The van der Waals surface area contributed by atoms with Gasteiger partial charge in [-0.1, -0.05) is 6.07 Å². The van der Waals surface area contributed by atoms with Crippen LogP contribution in [0.1, 0.15) is 24.2 Å². The first-order valence-corrected chi connectivity index (χ1v) is 6.15. The van der Waals surface area contributed by atoms with Crippen molar-refractivity contribution >= 4 is 5.69 Å². The van der Waals surface area contributed by atoms with Gasteiger partial charge in [0.15, 0.2) is 0 Å². The summed E-state index contributed by atoms with van der Waals surface area (Å²) in [4.78, 5) is 6.04. The fourth-order valence-corrected chi connectivity index (χ4v) is 2.06. The lowest BCUT2D eigenvalue weighted by molar-refractivity contribution is 0.199. The van der Waals surface area contributed by atoms with Crippen molar-refractivity contribution in [1.82, 2.24) is 4.98 Å². The lowest BCUT2D eigenvalue weighted by Gasteiger charge is -2.23. The number of nitrogens with zero attached hydrogens (tertiary/aromatic N) is 2. The molecule has 0 unspecified atom stereocenters. The molecule has 1 aromatic carbocycles. The molecule has 0 aliphatic rings.